The van der Waals surface area contributed by atoms with Gasteiger partial charge in [-0.2, -0.15) is 0 Å². The van der Waals surface area contributed by atoms with Gasteiger partial charge in [0.2, 0.25) is 0 Å². The van der Waals surface area contributed by atoms with Crippen LogP contribution < -0.4 is 4.90 Å². The molecule has 0 atom stereocenters. The molecule has 0 saturated carbocycles. The normalized spacial score (nSPS) is 13.6. The standard InChI is InChI=1S/C39H25N3O2S2/c1-21(2)22-10-12-23(13-11-22)42-31-15-14-25(26-8-5-9-29(36(26)31)37-32(42)19-40-20-41-37)33-18-35-34(46-33)17-24(45-35)16-30-38(43)27-6-3-4-7-28(27)39(30)44/h3-21H,1-2H3. The average molecular weight is 632 g/mol. The monoisotopic (exact) mass is 631 g/mol. The minimum absolute atomic E-state index is 0.196. The molecule has 220 valence electrons. The third-order valence-corrected chi connectivity index (χ3v) is 11.2. The molecule has 7 aromatic rings. The largest absolute Gasteiger partial charge is 0.306 e. The molecular formula is C39H25N3O2S2. The number of nitrogens with zero attached hydrogens (tertiary/aromatic N) is 3. The predicted octanol–water partition coefficient (Wildman–Crippen LogP) is 10.6. The van der Waals surface area contributed by atoms with E-state index in [1.54, 1.807) is 59.3 Å². The zero-order valence-electron chi connectivity index (χ0n) is 24.9. The van der Waals surface area contributed by atoms with Crippen molar-refractivity contribution in [3.05, 3.63) is 131 Å². The summed E-state index contributed by atoms with van der Waals surface area (Å²) in [6.45, 7) is 4.42. The Labute approximate surface area is 273 Å². The van der Waals surface area contributed by atoms with Crippen molar-refractivity contribution in [2.45, 2.75) is 19.8 Å². The van der Waals surface area contributed by atoms with Crippen LogP contribution in [-0.2, 0) is 0 Å². The third-order valence-electron chi connectivity index (χ3n) is 8.95. The smallest absolute Gasteiger partial charge is 0.197 e. The molecule has 0 bridgehead atoms. The molecule has 0 radical (unpaired) electrons. The molecular weight excluding hydrogens is 607 g/mol. The number of ketones is 2. The Morgan fingerprint density at radius 3 is 2.22 bits per heavy atom. The Morgan fingerprint density at radius 1 is 0.739 bits per heavy atom. The van der Waals surface area contributed by atoms with Gasteiger partial charge < -0.3 is 4.90 Å². The van der Waals surface area contributed by atoms with Crippen LogP contribution in [0, 0.1) is 0 Å². The molecule has 0 spiro atoms. The lowest BCUT2D eigenvalue weighted by atomic mass is 9.91. The molecule has 0 saturated heterocycles. The van der Waals surface area contributed by atoms with Crippen molar-refractivity contribution in [1.82, 2.24) is 9.97 Å². The van der Waals surface area contributed by atoms with Crippen molar-refractivity contribution >= 4 is 77.6 Å². The first kappa shape index (κ1) is 27.1. The van der Waals surface area contributed by atoms with E-state index in [1.807, 2.05) is 6.20 Å². The Morgan fingerprint density at radius 2 is 1.48 bits per heavy atom. The lowest BCUT2D eigenvalue weighted by molar-refractivity contribution is 0.0990. The number of anilines is 3. The number of hydrogen-bond acceptors (Lipinski definition) is 7. The summed E-state index contributed by atoms with van der Waals surface area (Å²) in [6, 6.07) is 31.0. The molecule has 1 aliphatic carbocycles. The number of Topliss-reactive ketones (excluding diaryl/α,β-unsaturated/α-hetero) is 2. The van der Waals surface area contributed by atoms with E-state index in [0.29, 0.717) is 17.0 Å². The van der Waals surface area contributed by atoms with Crippen molar-refractivity contribution in [3.8, 4) is 21.7 Å². The first-order valence-corrected chi connectivity index (χ1v) is 16.8. The van der Waals surface area contributed by atoms with Crippen molar-refractivity contribution in [1.29, 1.82) is 0 Å². The molecule has 0 fully saturated rings. The molecule has 9 rings (SSSR count). The van der Waals surface area contributed by atoms with E-state index >= 15 is 0 Å². The van der Waals surface area contributed by atoms with Gasteiger partial charge in [0.25, 0.3) is 0 Å². The first-order chi connectivity index (χ1) is 22.5. The molecule has 4 aromatic carbocycles. The molecule has 3 aromatic heterocycles. The molecule has 46 heavy (non-hydrogen) atoms. The van der Waals surface area contributed by atoms with E-state index in [1.165, 1.54) is 21.2 Å². The zero-order chi connectivity index (χ0) is 31.1. The highest BCUT2D eigenvalue weighted by Gasteiger charge is 2.33. The van der Waals surface area contributed by atoms with Crippen LogP contribution in [0.2, 0.25) is 0 Å². The summed E-state index contributed by atoms with van der Waals surface area (Å²) < 4.78 is 2.26. The number of rotatable bonds is 4. The summed E-state index contributed by atoms with van der Waals surface area (Å²) in [5, 5.41) is 2.33. The van der Waals surface area contributed by atoms with Crippen molar-refractivity contribution < 1.29 is 9.59 Å². The number of carbonyl (C=O) groups is 2. The van der Waals surface area contributed by atoms with E-state index < -0.39 is 0 Å². The summed E-state index contributed by atoms with van der Waals surface area (Å²) in [4.78, 5) is 39.4. The highest BCUT2D eigenvalue weighted by atomic mass is 32.1. The average Bonchev–Trinajstić information content (AvgIpc) is 3.72. The molecule has 4 heterocycles. The molecule has 5 nitrogen and oxygen atoms in total. The SMILES string of the molecule is CC(C)c1ccc(N2c3cncnc3-c3cccc4c(-c5cc6sc(C=C7C(=O)c8ccccc8C7=O)cc6s5)ccc2c34)cc1. The van der Waals surface area contributed by atoms with Crippen LogP contribution in [0.1, 0.15) is 50.9 Å². The van der Waals surface area contributed by atoms with E-state index in [9.17, 15) is 9.59 Å². The number of aromatic nitrogens is 2. The number of benzene rings is 4. The number of hydrogen-bond donors (Lipinski definition) is 0. The van der Waals surface area contributed by atoms with Crippen LogP contribution in [0.4, 0.5) is 17.1 Å². The maximum Gasteiger partial charge on any atom is 0.197 e. The first-order valence-electron chi connectivity index (χ1n) is 15.2. The van der Waals surface area contributed by atoms with Crippen LogP contribution in [-0.4, -0.2) is 21.5 Å². The van der Waals surface area contributed by atoms with Gasteiger partial charge in [0.15, 0.2) is 11.6 Å². The summed E-state index contributed by atoms with van der Waals surface area (Å²) in [5.41, 5.74) is 8.84. The minimum atomic E-state index is -0.196. The van der Waals surface area contributed by atoms with Gasteiger partial charge in [-0.1, -0.05) is 74.5 Å². The second-order valence-electron chi connectivity index (χ2n) is 11.9. The van der Waals surface area contributed by atoms with E-state index in [2.05, 4.69) is 90.5 Å². The van der Waals surface area contributed by atoms with E-state index in [4.69, 9.17) is 4.98 Å². The van der Waals surface area contributed by atoms with Crippen LogP contribution >= 0.6 is 22.7 Å². The number of thiophene rings is 2. The predicted molar refractivity (Wildman–Crippen MR) is 189 cm³/mol. The minimum Gasteiger partial charge on any atom is -0.306 e. The highest BCUT2D eigenvalue weighted by Crippen LogP contribution is 2.52. The van der Waals surface area contributed by atoms with Crippen LogP contribution in [0.25, 0.3) is 47.9 Å². The van der Waals surface area contributed by atoms with Gasteiger partial charge in [0, 0.05) is 46.9 Å². The van der Waals surface area contributed by atoms with Gasteiger partial charge in [-0.3, -0.25) is 9.59 Å². The van der Waals surface area contributed by atoms with Crippen LogP contribution in [0.15, 0.2) is 109 Å². The van der Waals surface area contributed by atoms with Crippen molar-refractivity contribution in [2.24, 2.45) is 0 Å². The second kappa shape index (κ2) is 10.1. The summed E-state index contributed by atoms with van der Waals surface area (Å²) in [5.74, 6) is 0.0629. The number of carbonyl (C=O) groups excluding carboxylic acids is 2. The van der Waals surface area contributed by atoms with Gasteiger partial charge >= 0.3 is 0 Å². The van der Waals surface area contributed by atoms with Gasteiger partial charge in [-0.15, -0.1) is 22.7 Å². The fraction of sp³-hybridized carbons (Fsp3) is 0.0769. The third kappa shape index (κ3) is 3.99. The van der Waals surface area contributed by atoms with Gasteiger partial charge in [0.1, 0.15) is 6.33 Å². The topological polar surface area (TPSA) is 63.2 Å². The van der Waals surface area contributed by atoms with Crippen LogP contribution in [0.3, 0.4) is 0 Å². The Bertz CT molecular complexity index is 2380. The van der Waals surface area contributed by atoms with E-state index in [-0.39, 0.29) is 17.1 Å². The van der Waals surface area contributed by atoms with Crippen molar-refractivity contribution in [2.75, 3.05) is 4.90 Å². The summed E-state index contributed by atoms with van der Waals surface area (Å²) in [6.07, 6.45) is 5.28. The molecule has 0 amide bonds. The van der Waals surface area contributed by atoms with Gasteiger partial charge in [-0.05, 0) is 58.8 Å². The van der Waals surface area contributed by atoms with Crippen molar-refractivity contribution in [3.63, 3.8) is 0 Å². The van der Waals surface area contributed by atoms with E-state index in [0.717, 1.165) is 48.2 Å². The Kier molecular flexibility index (Phi) is 5.97. The summed E-state index contributed by atoms with van der Waals surface area (Å²) in [7, 11) is 0. The molecule has 2 aliphatic rings. The quantitative estimate of drug-likeness (QED) is 0.143. The molecule has 0 unspecified atom stereocenters. The Balaban J connectivity index is 1.15. The lowest BCUT2D eigenvalue weighted by Gasteiger charge is -2.33. The highest BCUT2D eigenvalue weighted by molar-refractivity contribution is 7.30. The molecule has 0 N–H and O–H groups in total. The fourth-order valence-corrected chi connectivity index (χ4v) is 9.09. The second-order valence-corrected chi connectivity index (χ2v) is 14.1. The molecule has 1 aliphatic heterocycles. The lowest BCUT2D eigenvalue weighted by Crippen LogP contribution is -2.16. The summed E-state index contributed by atoms with van der Waals surface area (Å²) >= 11 is 3.33. The molecule has 7 heteroatoms. The Hall–Kier alpha value is -5.24. The number of allylic oxidation sites excluding steroid dienone is 1. The zero-order valence-corrected chi connectivity index (χ0v) is 26.6. The maximum atomic E-state index is 13.0. The van der Waals surface area contributed by atoms with Gasteiger partial charge in [0.05, 0.1) is 28.8 Å². The maximum absolute atomic E-state index is 13.0. The van der Waals surface area contributed by atoms with Crippen LogP contribution in [0.5, 0.6) is 0 Å². The number of fused-ring (bicyclic) bond motifs is 4. The van der Waals surface area contributed by atoms with Gasteiger partial charge in [-0.25, -0.2) is 9.97 Å². The fourth-order valence-electron chi connectivity index (χ4n) is 6.70.